The minimum absolute atomic E-state index is 0.646. The predicted molar refractivity (Wildman–Crippen MR) is 47.3 cm³/mol. The van der Waals surface area contributed by atoms with Crippen LogP contribution in [-0.2, 0) is 0 Å². The molecule has 0 atom stereocenters. The van der Waals surface area contributed by atoms with Gasteiger partial charge in [-0.2, -0.15) is 0 Å². The Bertz CT molecular complexity index is 393. The van der Waals surface area contributed by atoms with Crippen LogP contribution in [-0.4, -0.2) is 9.38 Å². The van der Waals surface area contributed by atoms with E-state index in [1.165, 1.54) is 0 Å². The van der Waals surface area contributed by atoms with E-state index in [1.807, 2.05) is 22.6 Å². The molecule has 11 heavy (non-hydrogen) atoms. The molecule has 0 radical (unpaired) electrons. The van der Waals surface area contributed by atoms with Crippen LogP contribution in [0.4, 0.5) is 5.82 Å². The Balaban J connectivity index is 2.96. The number of rotatable bonds is 0. The Kier molecular flexibility index (Phi) is 1.35. The molecule has 4 heteroatoms. The molecule has 0 saturated heterocycles. The van der Waals surface area contributed by atoms with E-state index in [0.717, 1.165) is 10.3 Å². The Hall–Kier alpha value is -1.03. The first-order valence-electron chi connectivity index (χ1n) is 3.16. The number of aromatic nitrogens is 2. The van der Waals surface area contributed by atoms with Gasteiger partial charge in [0.25, 0.3) is 0 Å². The van der Waals surface area contributed by atoms with Gasteiger partial charge in [0.05, 0.1) is 10.8 Å². The van der Waals surface area contributed by atoms with E-state index < -0.39 is 0 Å². The van der Waals surface area contributed by atoms with E-state index >= 15 is 0 Å². The molecule has 0 amide bonds. The second kappa shape index (κ2) is 2.23. The molecule has 56 valence electrons. The average Bonchev–Trinajstić information content (AvgIpc) is 2.34. The number of nitrogen functional groups attached to an aromatic ring is 1. The summed E-state index contributed by atoms with van der Waals surface area (Å²) in [6, 6.07) is 5.75. The summed E-state index contributed by atoms with van der Waals surface area (Å²) in [7, 11) is 0. The van der Waals surface area contributed by atoms with Gasteiger partial charge in [0.2, 0.25) is 0 Å². The van der Waals surface area contributed by atoms with E-state index in [2.05, 4.69) is 20.9 Å². The maximum atomic E-state index is 5.65. The summed E-state index contributed by atoms with van der Waals surface area (Å²) < 4.78 is 2.75. The monoisotopic (exact) mass is 211 g/mol. The van der Waals surface area contributed by atoms with Gasteiger partial charge in [0.1, 0.15) is 11.5 Å². The third-order valence-corrected chi connectivity index (χ3v) is 2.13. The van der Waals surface area contributed by atoms with E-state index in [4.69, 9.17) is 5.73 Å². The average molecular weight is 212 g/mol. The first kappa shape index (κ1) is 6.67. The van der Waals surface area contributed by atoms with E-state index in [0.29, 0.717) is 5.82 Å². The van der Waals surface area contributed by atoms with Crippen molar-refractivity contribution in [3.8, 4) is 0 Å². The summed E-state index contributed by atoms with van der Waals surface area (Å²) >= 11 is 3.37. The molecule has 0 aliphatic rings. The number of anilines is 1. The van der Waals surface area contributed by atoms with Crippen LogP contribution >= 0.6 is 15.9 Å². The Labute approximate surface area is 72.0 Å². The van der Waals surface area contributed by atoms with Gasteiger partial charge >= 0.3 is 0 Å². The lowest BCUT2D eigenvalue weighted by Gasteiger charge is -1.97. The lowest BCUT2D eigenvalue weighted by atomic mass is 10.5. The fourth-order valence-electron chi connectivity index (χ4n) is 1.02. The quantitative estimate of drug-likeness (QED) is 0.675. The minimum atomic E-state index is 0.646. The molecule has 0 bridgehead atoms. The van der Waals surface area contributed by atoms with E-state index in [9.17, 15) is 0 Å². The number of hydrogen-bond acceptors (Lipinski definition) is 2. The smallest absolute Gasteiger partial charge is 0.139 e. The van der Waals surface area contributed by atoms with Crippen molar-refractivity contribution < 1.29 is 0 Å². The van der Waals surface area contributed by atoms with Crippen molar-refractivity contribution in [2.24, 2.45) is 0 Å². The molecule has 0 saturated carbocycles. The lowest BCUT2D eigenvalue weighted by molar-refractivity contribution is 1.15. The second-order valence-corrected chi connectivity index (χ2v) is 3.04. The highest BCUT2D eigenvalue weighted by Gasteiger charge is 2.00. The van der Waals surface area contributed by atoms with Crippen molar-refractivity contribution in [3.63, 3.8) is 0 Å². The fourth-order valence-corrected chi connectivity index (χ4v) is 1.56. The van der Waals surface area contributed by atoms with Crippen molar-refractivity contribution in [2.75, 3.05) is 5.73 Å². The van der Waals surface area contributed by atoms with Crippen molar-refractivity contribution in [1.29, 1.82) is 0 Å². The second-order valence-electron chi connectivity index (χ2n) is 2.23. The van der Waals surface area contributed by atoms with Gasteiger partial charge in [0, 0.05) is 0 Å². The van der Waals surface area contributed by atoms with Crippen LogP contribution in [0.2, 0.25) is 0 Å². The Morgan fingerprint density at radius 2 is 2.27 bits per heavy atom. The molecule has 2 rings (SSSR count). The van der Waals surface area contributed by atoms with Gasteiger partial charge in [0.15, 0.2) is 0 Å². The van der Waals surface area contributed by atoms with Crippen LogP contribution < -0.4 is 5.73 Å². The SMILES string of the molecule is Nc1cnc2cccc(Br)n12. The Morgan fingerprint density at radius 3 is 3.00 bits per heavy atom. The van der Waals surface area contributed by atoms with Crippen LogP contribution in [0.3, 0.4) is 0 Å². The van der Waals surface area contributed by atoms with Crippen molar-refractivity contribution in [1.82, 2.24) is 9.38 Å². The molecule has 3 nitrogen and oxygen atoms in total. The maximum Gasteiger partial charge on any atom is 0.139 e. The summed E-state index contributed by atoms with van der Waals surface area (Å²) in [6.07, 6.45) is 1.64. The molecule has 0 spiro atoms. The van der Waals surface area contributed by atoms with Crippen LogP contribution in [0.5, 0.6) is 0 Å². The van der Waals surface area contributed by atoms with Gasteiger partial charge in [-0.25, -0.2) is 4.98 Å². The Morgan fingerprint density at radius 1 is 1.45 bits per heavy atom. The van der Waals surface area contributed by atoms with Crippen molar-refractivity contribution in [3.05, 3.63) is 29.0 Å². The molecule has 0 fully saturated rings. The number of imidazole rings is 1. The molecular formula is C7H6BrN3. The first-order chi connectivity index (χ1) is 5.29. The summed E-state index contributed by atoms with van der Waals surface area (Å²) in [5, 5.41) is 0. The lowest BCUT2D eigenvalue weighted by Crippen LogP contribution is -1.92. The number of fused-ring (bicyclic) bond motifs is 1. The van der Waals surface area contributed by atoms with Gasteiger partial charge in [-0.05, 0) is 28.1 Å². The third kappa shape index (κ3) is 0.903. The third-order valence-electron chi connectivity index (χ3n) is 1.51. The minimum Gasteiger partial charge on any atom is -0.383 e. The molecule has 0 aliphatic carbocycles. The highest BCUT2D eigenvalue weighted by molar-refractivity contribution is 9.10. The molecule has 0 unspecified atom stereocenters. The van der Waals surface area contributed by atoms with Crippen LogP contribution in [0.15, 0.2) is 29.0 Å². The number of pyridine rings is 1. The summed E-state index contributed by atoms with van der Waals surface area (Å²) in [6.45, 7) is 0. The van der Waals surface area contributed by atoms with Gasteiger partial charge < -0.3 is 5.73 Å². The number of nitrogens with zero attached hydrogens (tertiary/aromatic N) is 2. The van der Waals surface area contributed by atoms with Crippen LogP contribution in [0, 0.1) is 0 Å². The topological polar surface area (TPSA) is 43.3 Å². The fraction of sp³-hybridized carbons (Fsp3) is 0. The molecule has 2 aromatic rings. The number of halogens is 1. The predicted octanol–water partition coefficient (Wildman–Crippen LogP) is 1.68. The zero-order valence-electron chi connectivity index (χ0n) is 5.66. The zero-order valence-corrected chi connectivity index (χ0v) is 7.25. The first-order valence-corrected chi connectivity index (χ1v) is 3.96. The van der Waals surface area contributed by atoms with Crippen molar-refractivity contribution in [2.45, 2.75) is 0 Å². The van der Waals surface area contributed by atoms with Crippen LogP contribution in [0.25, 0.3) is 5.65 Å². The molecule has 2 N–H and O–H groups in total. The van der Waals surface area contributed by atoms with E-state index in [1.54, 1.807) is 6.20 Å². The number of nitrogens with two attached hydrogens (primary N) is 1. The number of hydrogen-bond donors (Lipinski definition) is 1. The maximum absolute atomic E-state index is 5.65. The highest BCUT2D eigenvalue weighted by atomic mass is 79.9. The zero-order chi connectivity index (χ0) is 7.84. The molecular weight excluding hydrogens is 206 g/mol. The molecule has 0 aliphatic heterocycles. The van der Waals surface area contributed by atoms with E-state index in [-0.39, 0.29) is 0 Å². The summed E-state index contributed by atoms with van der Waals surface area (Å²) in [5.74, 6) is 0.646. The van der Waals surface area contributed by atoms with Gasteiger partial charge in [-0.3, -0.25) is 4.40 Å². The summed E-state index contributed by atoms with van der Waals surface area (Å²) in [4.78, 5) is 4.09. The molecule has 2 aromatic heterocycles. The normalized spacial score (nSPS) is 10.6. The highest BCUT2D eigenvalue weighted by Crippen LogP contribution is 2.16. The molecule has 2 heterocycles. The largest absolute Gasteiger partial charge is 0.383 e. The standard InChI is InChI=1S/C7H6BrN3/c8-5-2-1-3-7-10-4-6(9)11(5)7/h1-4H,9H2. The van der Waals surface area contributed by atoms with Gasteiger partial charge in [-0.15, -0.1) is 0 Å². The van der Waals surface area contributed by atoms with Crippen molar-refractivity contribution >= 4 is 27.4 Å². The summed E-state index contributed by atoms with van der Waals surface area (Å²) in [5.41, 5.74) is 6.51. The van der Waals surface area contributed by atoms with Crippen LogP contribution in [0.1, 0.15) is 0 Å². The molecule has 0 aromatic carbocycles. The van der Waals surface area contributed by atoms with Gasteiger partial charge in [-0.1, -0.05) is 6.07 Å².